The number of hydrogen-bond donors (Lipinski definition) is 0. The summed E-state index contributed by atoms with van der Waals surface area (Å²) >= 11 is 6.27. The van der Waals surface area contributed by atoms with E-state index in [9.17, 15) is 13.4 Å². The van der Waals surface area contributed by atoms with Crippen molar-refractivity contribution in [2.24, 2.45) is 9.36 Å². The van der Waals surface area contributed by atoms with Crippen molar-refractivity contribution < 1.29 is 13.4 Å². The van der Waals surface area contributed by atoms with Crippen molar-refractivity contribution in [2.45, 2.75) is 18.7 Å². The second-order valence-electron chi connectivity index (χ2n) is 6.10. The molecule has 0 saturated carbocycles. The largest absolute Gasteiger partial charge is 0.366 e. The molecule has 0 aromatic heterocycles. The Labute approximate surface area is 164 Å². The van der Waals surface area contributed by atoms with Crippen LogP contribution in [0.15, 0.2) is 50.6 Å². The van der Waals surface area contributed by atoms with Gasteiger partial charge >= 0.3 is 0 Å². The number of halogens is 2. The first-order chi connectivity index (χ1) is 12.6. The molecule has 0 N–H and O–H groups in total. The van der Waals surface area contributed by atoms with Gasteiger partial charge in [-0.15, -0.1) is 0 Å². The maximum atomic E-state index is 13.3. The molecule has 2 aromatic carbocycles. The van der Waals surface area contributed by atoms with E-state index in [0.29, 0.717) is 21.2 Å². The van der Waals surface area contributed by atoms with Gasteiger partial charge in [0.1, 0.15) is 5.82 Å². The first-order valence-electron chi connectivity index (χ1n) is 8.20. The van der Waals surface area contributed by atoms with E-state index in [1.807, 2.05) is 18.9 Å². The fourth-order valence-corrected chi connectivity index (χ4v) is 4.07. The average Bonchev–Trinajstić information content (AvgIpc) is 2.61. The third-order valence-electron chi connectivity index (χ3n) is 3.87. The summed E-state index contributed by atoms with van der Waals surface area (Å²) in [6, 6.07) is 8.32. The minimum Gasteiger partial charge on any atom is -0.366 e. The number of benzene rings is 2. The Morgan fingerprint density at radius 1 is 1.33 bits per heavy atom. The third-order valence-corrected chi connectivity index (χ3v) is 5.95. The molecule has 0 heterocycles. The molecule has 0 fully saturated rings. The van der Waals surface area contributed by atoms with Crippen molar-refractivity contribution in [3.63, 3.8) is 0 Å². The Morgan fingerprint density at radius 3 is 2.67 bits per heavy atom. The van der Waals surface area contributed by atoms with Gasteiger partial charge in [-0.25, -0.2) is 13.6 Å². The van der Waals surface area contributed by atoms with Gasteiger partial charge in [0.2, 0.25) is 0 Å². The molecule has 1 unspecified atom stereocenters. The molecule has 144 valence electrons. The maximum absolute atomic E-state index is 13.3. The quantitative estimate of drug-likeness (QED) is 0.531. The van der Waals surface area contributed by atoms with Crippen LogP contribution >= 0.6 is 11.6 Å². The van der Waals surface area contributed by atoms with Crippen molar-refractivity contribution in [3.8, 4) is 0 Å². The van der Waals surface area contributed by atoms with Gasteiger partial charge in [0.05, 0.1) is 31.7 Å². The molecule has 1 amide bonds. The lowest BCUT2D eigenvalue weighted by Crippen LogP contribution is -2.14. The number of hydrogen-bond acceptors (Lipinski definition) is 3. The summed E-state index contributed by atoms with van der Waals surface area (Å²) < 4.78 is 30.2. The highest BCUT2D eigenvalue weighted by Crippen LogP contribution is 2.31. The monoisotopic (exact) mass is 409 g/mol. The van der Waals surface area contributed by atoms with Crippen LogP contribution in [0.2, 0.25) is 5.02 Å². The fraction of sp³-hybridized carbons (Fsp3) is 0.263. The molecule has 0 saturated heterocycles. The van der Waals surface area contributed by atoms with Gasteiger partial charge in [0.25, 0.3) is 5.91 Å². The molecule has 2 rings (SSSR count). The van der Waals surface area contributed by atoms with Gasteiger partial charge in [0.15, 0.2) is 0 Å². The molecule has 0 bridgehead atoms. The molecule has 8 heteroatoms. The number of aliphatic imine (C=N–C) groups is 1. The molecule has 0 spiro atoms. The topological polar surface area (TPSA) is 62.1 Å². The van der Waals surface area contributed by atoms with Gasteiger partial charge < -0.3 is 4.90 Å². The second kappa shape index (κ2) is 8.63. The number of nitrogens with zero attached hydrogens (tertiary/aromatic N) is 3. The van der Waals surface area contributed by atoms with Crippen molar-refractivity contribution >= 4 is 39.3 Å². The lowest BCUT2D eigenvalue weighted by atomic mass is 10.2. The molecule has 5 nitrogen and oxygen atoms in total. The maximum Gasteiger partial charge on any atom is 0.285 e. The van der Waals surface area contributed by atoms with E-state index in [1.54, 1.807) is 19.3 Å². The number of rotatable bonds is 5. The summed E-state index contributed by atoms with van der Waals surface area (Å²) in [6.07, 6.45) is 3.01. The Morgan fingerprint density at radius 2 is 2.04 bits per heavy atom. The molecular formula is C19H21ClFN3O2S. The van der Waals surface area contributed by atoms with Crippen LogP contribution in [0.1, 0.15) is 22.8 Å². The van der Waals surface area contributed by atoms with Crippen LogP contribution < -0.4 is 0 Å². The average molecular weight is 410 g/mol. The molecule has 0 radical (unpaired) electrons. The summed E-state index contributed by atoms with van der Waals surface area (Å²) in [4.78, 5) is 18.8. The Bertz CT molecular complexity index is 1010. The Balaban J connectivity index is 2.44. The van der Waals surface area contributed by atoms with Crippen molar-refractivity contribution in [3.05, 3.63) is 58.4 Å². The van der Waals surface area contributed by atoms with Gasteiger partial charge in [0, 0.05) is 25.4 Å². The minimum absolute atomic E-state index is 0.0390. The molecular weight excluding hydrogens is 389 g/mol. The van der Waals surface area contributed by atoms with E-state index in [0.717, 1.165) is 12.6 Å². The van der Waals surface area contributed by atoms with Crippen LogP contribution in [0.5, 0.6) is 0 Å². The van der Waals surface area contributed by atoms with Crippen LogP contribution in [0.25, 0.3) is 0 Å². The number of amides is 1. The lowest BCUT2D eigenvalue weighted by Gasteiger charge is -2.12. The predicted molar refractivity (Wildman–Crippen MR) is 108 cm³/mol. The zero-order chi connectivity index (χ0) is 20.2. The second-order valence-corrected chi connectivity index (χ2v) is 8.73. The Kier molecular flexibility index (Phi) is 6.73. The predicted octanol–water partition coefficient (Wildman–Crippen LogP) is 4.70. The Hall–Kier alpha value is -2.25. The van der Waals surface area contributed by atoms with Crippen molar-refractivity contribution in [1.29, 1.82) is 0 Å². The summed E-state index contributed by atoms with van der Waals surface area (Å²) in [5.74, 6) is -1.30. The van der Waals surface area contributed by atoms with Gasteiger partial charge in [-0.1, -0.05) is 17.7 Å². The highest BCUT2D eigenvalue weighted by Gasteiger charge is 2.16. The summed E-state index contributed by atoms with van der Waals surface area (Å²) in [5.41, 5.74) is 1.22. The van der Waals surface area contributed by atoms with Crippen LogP contribution in [-0.2, 0) is 9.73 Å². The third kappa shape index (κ3) is 5.37. The van der Waals surface area contributed by atoms with E-state index in [4.69, 9.17) is 11.6 Å². The normalized spacial score (nSPS) is 13.4. The molecule has 2 aromatic rings. The van der Waals surface area contributed by atoms with E-state index in [-0.39, 0.29) is 5.56 Å². The van der Waals surface area contributed by atoms with Crippen LogP contribution in [0.4, 0.5) is 10.1 Å². The van der Waals surface area contributed by atoms with Crippen LogP contribution in [0, 0.1) is 12.7 Å². The van der Waals surface area contributed by atoms with Gasteiger partial charge in [-0.3, -0.25) is 4.79 Å². The first-order valence-corrected chi connectivity index (χ1v) is 10.5. The van der Waals surface area contributed by atoms with E-state index in [2.05, 4.69) is 9.36 Å². The first kappa shape index (κ1) is 21.1. The molecule has 27 heavy (non-hydrogen) atoms. The van der Waals surface area contributed by atoms with Crippen LogP contribution in [0.3, 0.4) is 0 Å². The molecule has 0 aliphatic carbocycles. The van der Waals surface area contributed by atoms with Crippen LogP contribution in [-0.4, -0.2) is 41.2 Å². The summed E-state index contributed by atoms with van der Waals surface area (Å²) in [6.45, 7) is 4.53. The molecule has 1 atom stereocenters. The number of carbonyl (C=O) groups is 1. The smallest absolute Gasteiger partial charge is 0.285 e. The van der Waals surface area contributed by atoms with E-state index in [1.165, 1.54) is 30.5 Å². The lowest BCUT2D eigenvalue weighted by molar-refractivity contribution is 0.100. The zero-order valence-electron chi connectivity index (χ0n) is 15.6. The molecule has 0 aliphatic rings. The summed E-state index contributed by atoms with van der Waals surface area (Å²) in [7, 11) is -1.19. The SMILES string of the molecule is CCN(C)C=Nc1cc(C)c(S(C)(=O)=NC(=O)c2cccc(F)c2)cc1Cl. The van der Waals surface area contributed by atoms with E-state index < -0.39 is 21.5 Å². The highest BCUT2D eigenvalue weighted by molar-refractivity contribution is 7.93. The number of carbonyl (C=O) groups excluding carboxylic acids is 1. The van der Waals surface area contributed by atoms with E-state index >= 15 is 0 Å². The van der Waals surface area contributed by atoms with Crippen molar-refractivity contribution in [2.75, 3.05) is 19.8 Å². The van der Waals surface area contributed by atoms with Gasteiger partial charge in [-0.2, -0.15) is 4.36 Å². The minimum atomic E-state index is -3.07. The van der Waals surface area contributed by atoms with Gasteiger partial charge in [-0.05, 0) is 49.7 Å². The van der Waals surface area contributed by atoms with Crippen molar-refractivity contribution in [1.82, 2.24) is 4.90 Å². The number of aryl methyl sites for hydroxylation is 1. The zero-order valence-corrected chi connectivity index (χ0v) is 17.1. The summed E-state index contributed by atoms with van der Waals surface area (Å²) in [5, 5.41) is 0.305. The standard InChI is InChI=1S/C19H21ClFN3O2S/c1-5-24(3)12-22-17-9-13(2)18(11-16(17)20)27(4,26)23-19(25)14-7-6-8-15(21)10-14/h6-12H,5H2,1-4H3. The highest BCUT2D eigenvalue weighted by atomic mass is 35.5. The molecule has 0 aliphatic heterocycles. The fourth-order valence-electron chi connectivity index (χ4n) is 2.28.